The van der Waals surface area contributed by atoms with Crippen LogP contribution in [0, 0.1) is 5.92 Å². The number of hydrogen-bond donors (Lipinski definition) is 0. The standard InChI is InChI=1S/C49H39N3/c1-4-16-34(17-5-1)47-40-24-10-12-26-42(40)48(43-27-13-11-25-41(43)47)35-29-30-46-45(32-35)44-28-15-31-50-49(44)52(46)39-23-14-22-38(33-39)51(36-18-6-2-7-19-36)37-20-8-3-9-21-37/h2-4,6-12,14-26,28-33,41,47H,1,5,13,27H2. The van der Waals surface area contributed by atoms with Gasteiger partial charge in [-0.25, -0.2) is 4.98 Å². The van der Waals surface area contributed by atoms with E-state index >= 15 is 0 Å². The number of allylic oxidation sites excluding steroid dienone is 7. The van der Waals surface area contributed by atoms with Gasteiger partial charge in [0.15, 0.2) is 0 Å². The van der Waals surface area contributed by atoms with E-state index in [-0.39, 0.29) is 0 Å². The van der Waals surface area contributed by atoms with Gasteiger partial charge in [-0.2, -0.15) is 0 Å². The fraction of sp³-hybridized carbons (Fsp3) is 0.122. The molecule has 0 saturated carbocycles. The summed E-state index contributed by atoms with van der Waals surface area (Å²) in [5.74, 6) is 0.725. The van der Waals surface area contributed by atoms with E-state index in [4.69, 9.17) is 4.98 Å². The minimum atomic E-state index is 0.358. The average Bonchev–Trinajstić information content (AvgIpc) is 3.55. The van der Waals surface area contributed by atoms with Crippen molar-refractivity contribution in [3.63, 3.8) is 0 Å². The third-order valence-electron chi connectivity index (χ3n) is 11.1. The van der Waals surface area contributed by atoms with Gasteiger partial charge in [0.1, 0.15) is 5.65 Å². The molecule has 0 N–H and O–H groups in total. The third kappa shape index (κ3) is 5.07. The summed E-state index contributed by atoms with van der Waals surface area (Å²) in [6.45, 7) is 0. The van der Waals surface area contributed by atoms with Crippen LogP contribution in [0.15, 0.2) is 187 Å². The first-order chi connectivity index (χ1) is 25.8. The second kappa shape index (κ2) is 12.9. The third-order valence-corrected chi connectivity index (χ3v) is 11.1. The van der Waals surface area contributed by atoms with Crippen molar-refractivity contribution in [2.75, 3.05) is 4.90 Å². The minimum Gasteiger partial charge on any atom is -0.310 e. The van der Waals surface area contributed by atoms with Crippen molar-refractivity contribution in [2.45, 2.75) is 31.6 Å². The van der Waals surface area contributed by atoms with Crippen LogP contribution in [0.25, 0.3) is 33.2 Å². The Kier molecular flexibility index (Phi) is 7.57. The predicted octanol–water partition coefficient (Wildman–Crippen LogP) is 12.8. The Bertz CT molecular complexity index is 2550. The molecule has 0 amide bonds. The monoisotopic (exact) mass is 669 g/mol. The van der Waals surface area contributed by atoms with Crippen molar-refractivity contribution in [2.24, 2.45) is 5.92 Å². The van der Waals surface area contributed by atoms with Crippen LogP contribution in [0.2, 0.25) is 0 Å². The van der Waals surface area contributed by atoms with Crippen molar-refractivity contribution in [1.82, 2.24) is 9.55 Å². The number of fused-ring (bicyclic) bond motifs is 5. The van der Waals surface area contributed by atoms with Crippen LogP contribution < -0.4 is 4.90 Å². The predicted molar refractivity (Wildman–Crippen MR) is 217 cm³/mol. The van der Waals surface area contributed by atoms with E-state index in [1.54, 1.807) is 5.57 Å². The molecule has 0 aliphatic heterocycles. The van der Waals surface area contributed by atoms with Gasteiger partial charge in [-0.3, -0.25) is 4.57 Å². The number of hydrogen-bond acceptors (Lipinski definition) is 2. The lowest BCUT2D eigenvalue weighted by Crippen LogP contribution is -2.24. The molecule has 2 aromatic heterocycles. The summed E-state index contributed by atoms with van der Waals surface area (Å²) in [4.78, 5) is 7.32. The molecule has 3 aliphatic rings. The highest BCUT2D eigenvalue weighted by atomic mass is 15.1. The topological polar surface area (TPSA) is 21.1 Å². The Labute approximate surface area is 305 Å². The molecule has 2 heterocycles. The lowest BCUT2D eigenvalue weighted by Gasteiger charge is -2.39. The Morgan fingerprint density at radius 3 is 2.23 bits per heavy atom. The van der Waals surface area contributed by atoms with Crippen LogP contribution >= 0.6 is 0 Å². The molecule has 0 spiro atoms. The maximum atomic E-state index is 5.01. The molecule has 3 heteroatoms. The molecule has 3 aliphatic carbocycles. The molecule has 2 unspecified atom stereocenters. The normalized spacial score (nSPS) is 18.0. The van der Waals surface area contributed by atoms with Crippen molar-refractivity contribution in [3.8, 4) is 5.69 Å². The highest BCUT2D eigenvalue weighted by Gasteiger charge is 2.37. The summed E-state index contributed by atoms with van der Waals surface area (Å²) < 4.78 is 2.34. The lowest BCUT2D eigenvalue weighted by atomic mass is 9.64. The first-order valence-electron chi connectivity index (χ1n) is 18.6. The summed E-state index contributed by atoms with van der Waals surface area (Å²) in [5, 5.41) is 2.39. The van der Waals surface area contributed by atoms with Crippen LogP contribution in [-0.2, 0) is 0 Å². The molecule has 0 bridgehead atoms. The van der Waals surface area contributed by atoms with Gasteiger partial charge >= 0.3 is 0 Å². The van der Waals surface area contributed by atoms with E-state index in [2.05, 4.69) is 179 Å². The Morgan fingerprint density at radius 2 is 1.42 bits per heavy atom. The van der Waals surface area contributed by atoms with Gasteiger partial charge in [0.2, 0.25) is 0 Å². The molecule has 250 valence electrons. The van der Waals surface area contributed by atoms with Gasteiger partial charge in [0, 0.05) is 51.6 Å². The molecule has 2 atom stereocenters. The summed E-state index contributed by atoms with van der Waals surface area (Å²) >= 11 is 0. The molecule has 0 radical (unpaired) electrons. The molecule has 0 fully saturated rings. The second-order valence-corrected chi connectivity index (χ2v) is 14.1. The lowest BCUT2D eigenvalue weighted by molar-refractivity contribution is 0.592. The first kappa shape index (κ1) is 30.6. The number of nitrogens with zero attached hydrogens (tertiary/aromatic N) is 3. The van der Waals surface area contributed by atoms with E-state index in [9.17, 15) is 0 Å². The maximum absolute atomic E-state index is 5.01. The van der Waals surface area contributed by atoms with E-state index in [1.807, 2.05) is 6.20 Å². The Balaban J connectivity index is 1.14. The molecular formula is C49H39N3. The van der Waals surface area contributed by atoms with Crippen molar-refractivity contribution in [3.05, 3.63) is 204 Å². The summed E-state index contributed by atoms with van der Waals surface area (Å²) in [6.07, 6.45) is 18.5. The number of pyridine rings is 1. The van der Waals surface area contributed by atoms with Crippen molar-refractivity contribution in [1.29, 1.82) is 0 Å². The summed E-state index contributed by atoms with van der Waals surface area (Å²) in [7, 11) is 0. The smallest absolute Gasteiger partial charge is 0.145 e. The van der Waals surface area contributed by atoms with Crippen LogP contribution in [0.5, 0.6) is 0 Å². The Hall–Kier alpha value is -6.19. The van der Waals surface area contributed by atoms with Crippen LogP contribution in [0.4, 0.5) is 17.1 Å². The molecule has 52 heavy (non-hydrogen) atoms. The molecule has 7 aromatic rings. The number of anilines is 3. The van der Waals surface area contributed by atoms with Gasteiger partial charge < -0.3 is 4.90 Å². The molecule has 3 nitrogen and oxygen atoms in total. The highest BCUT2D eigenvalue weighted by Crippen LogP contribution is 2.52. The number of aromatic nitrogens is 2. The van der Waals surface area contributed by atoms with Gasteiger partial charge in [-0.05, 0) is 120 Å². The van der Waals surface area contributed by atoms with E-state index in [0.29, 0.717) is 11.8 Å². The van der Waals surface area contributed by atoms with E-state index in [0.717, 1.165) is 65.0 Å². The summed E-state index contributed by atoms with van der Waals surface area (Å²) in [5.41, 5.74) is 15.1. The van der Waals surface area contributed by atoms with Crippen molar-refractivity contribution < 1.29 is 0 Å². The largest absolute Gasteiger partial charge is 0.310 e. The molecule has 10 rings (SSSR count). The fourth-order valence-electron chi connectivity index (χ4n) is 8.96. The van der Waals surface area contributed by atoms with E-state index in [1.165, 1.54) is 33.2 Å². The fourth-order valence-corrected chi connectivity index (χ4v) is 8.96. The number of benzene rings is 5. The van der Waals surface area contributed by atoms with Crippen molar-refractivity contribution >= 4 is 44.6 Å². The van der Waals surface area contributed by atoms with Gasteiger partial charge in [-0.15, -0.1) is 0 Å². The zero-order chi connectivity index (χ0) is 34.4. The van der Waals surface area contributed by atoms with Crippen LogP contribution in [0.3, 0.4) is 0 Å². The van der Waals surface area contributed by atoms with Crippen LogP contribution in [0.1, 0.15) is 48.3 Å². The minimum absolute atomic E-state index is 0.358. The van der Waals surface area contributed by atoms with Gasteiger partial charge in [0.25, 0.3) is 0 Å². The molecule has 5 aromatic carbocycles. The summed E-state index contributed by atoms with van der Waals surface area (Å²) in [6, 6.07) is 50.6. The number of rotatable bonds is 6. The van der Waals surface area contributed by atoms with Gasteiger partial charge in [0.05, 0.1) is 5.52 Å². The Morgan fingerprint density at radius 1 is 0.635 bits per heavy atom. The highest BCUT2D eigenvalue weighted by molar-refractivity contribution is 6.09. The quantitative estimate of drug-likeness (QED) is 0.164. The second-order valence-electron chi connectivity index (χ2n) is 14.1. The van der Waals surface area contributed by atoms with E-state index < -0.39 is 0 Å². The first-order valence-corrected chi connectivity index (χ1v) is 18.6. The maximum Gasteiger partial charge on any atom is 0.145 e. The molecule has 0 saturated heterocycles. The molecular weight excluding hydrogens is 631 g/mol. The average molecular weight is 670 g/mol. The van der Waals surface area contributed by atoms with Crippen LogP contribution in [-0.4, -0.2) is 9.55 Å². The number of para-hydroxylation sites is 2. The van der Waals surface area contributed by atoms with Gasteiger partial charge in [-0.1, -0.05) is 109 Å². The SMILES string of the molecule is C1=CC(C2c3ccccc3C(c3ccc4c(c3)c3cccnc3n4-c3cccc(N(c4ccccc4)c4ccccc4)c3)=C3CCC=CC32)=CCC1. The zero-order valence-electron chi connectivity index (χ0n) is 29.1. The zero-order valence-corrected chi connectivity index (χ0v) is 29.1.